The largest absolute Gasteiger partial charge is 0.299 e. The van der Waals surface area contributed by atoms with E-state index in [2.05, 4.69) is 13.8 Å². The van der Waals surface area contributed by atoms with Crippen LogP contribution >= 0.6 is 11.6 Å². The first-order chi connectivity index (χ1) is 5.03. The molecule has 0 aromatic carbocycles. The average molecular weight is 173 g/mol. The van der Waals surface area contributed by atoms with Crippen LogP contribution in [0.3, 0.4) is 0 Å². The number of carbonyl (C=O) groups is 1. The molecule has 0 aromatic heterocycles. The number of hydrogen-bond donors (Lipinski definition) is 0. The van der Waals surface area contributed by atoms with Crippen molar-refractivity contribution in [1.29, 1.82) is 0 Å². The molecule has 0 amide bonds. The highest BCUT2D eigenvalue weighted by Gasteiger charge is 2.56. The van der Waals surface area contributed by atoms with Crippen LogP contribution in [0.25, 0.3) is 0 Å². The second-order valence-corrected chi connectivity index (χ2v) is 4.94. The van der Waals surface area contributed by atoms with Crippen LogP contribution in [0.2, 0.25) is 0 Å². The lowest BCUT2D eigenvalue weighted by Gasteiger charge is -2.29. The molecule has 2 heteroatoms. The Labute approximate surface area is 72.1 Å². The predicted molar refractivity (Wildman–Crippen MR) is 44.6 cm³/mol. The number of fused-ring (bicyclic) bond motifs is 2. The summed E-state index contributed by atoms with van der Waals surface area (Å²) < 4.78 is 0. The van der Waals surface area contributed by atoms with Crippen molar-refractivity contribution in [2.24, 2.45) is 17.3 Å². The zero-order valence-corrected chi connectivity index (χ0v) is 7.69. The predicted octanol–water partition coefficient (Wildman–Crippen LogP) is 2.23. The van der Waals surface area contributed by atoms with Crippen molar-refractivity contribution < 1.29 is 4.79 Å². The van der Waals surface area contributed by atoms with Gasteiger partial charge in [0.15, 0.2) is 0 Å². The number of rotatable bonds is 0. The molecule has 0 radical (unpaired) electrons. The monoisotopic (exact) mass is 172 g/mol. The summed E-state index contributed by atoms with van der Waals surface area (Å²) in [5.41, 5.74) is -0.0734. The Morgan fingerprint density at radius 3 is 2.45 bits per heavy atom. The first-order valence-electron chi connectivity index (χ1n) is 4.22. The lowest BCUT2D eigenvalue weighted by Crippen LogP contribution is -2.35. The van der Waals surface area contributed by atoms with Gasteiger partial charge in [-0.25, -0.2) is 0 Å². The molecule has 0 spiro atoms. The van der Waals surface area contributed by atoms with E-state index in [4.69, 9.17) is 11.6 Å². The highest BCUT2D eigenvalue weighted by molar-refractivity contribution is 6.23. The van der Waals surface area contributed by atoms with Crippen molar-refractivity contribution in [2.45, 2.75) is 32.1 Å². The van der Waals surface area contributed by atoms with Crippen molar-refractivity contribution in [3.05, 3.63) is 0 Å². The first-order valence-corrected chi connectivity index (χ1v) is 4.65. The molecule has 0 heterocycles. The maximum atomic E-state index is 11.6. The molecule has 62 valence electrons. The molecular formula is C9H13ClO. The Kier molecular flexibility index (Phi) is 1.39. The maximum absolute atomic E-state index is 11.6. The first kappa shape index (κ1) is 7.60. The molecule has 0 unspecified atom stereocenters. The zero-order chi connectivity index (χ0) is 8.22. The van der Waals surface area contributed by atoms with Gasteiger partial charge in [0, 0.05) is 16.7 Å². The van der Waals surface area contributed by atoms with E-state index in [0.29, 0.717) is 11.7 Å². The SMILES string of the molecule is CC1(C)C(=O)[C@@H]2C[C@H]1C[C@H]2Cl. The normalized spacial score (nSPS) is 46.8. The second kappa shape index (κ2) is 2.01. The number of Topliss-reactive ketones (excluding diaryl/α,β-unsaturated/α-hetero) is 1. The zero-order valence-electron chi connectivity index (χ0n) is 6.93. The van der Waals surface area contributed by atoms with Gasteiger partial charge in [-0.05, 0) is 18.8 Å². The minimum Gasteiger partial charge on any atom is -0.299 e. The van der Waals surface area contributed by atoms with E-state index >= 15 is 0 Å². The van der Waals surface area contributed by atoms with Crippen LogP contribution in [0.15, 0.2) is 0 Å². The molecule has 0 saturated heterocycles. The van der Waals surface area contributed by atoms with Gasteiger partial charge in [0.25, 0.3) is 0 Å². The van der Waals surface area contributed by atoms with Gasteiger partial charge < -0.3 is 0 Å². The van der Waals surface area contributed by atoms with Crippen LogP contribution in [0.1, 0.15) is 26.7 Å². The Balaban J connectivity index is 2.32. The number of halogens is 1. The molecule has 2 fully saturated rings. The quantitative estimate of drug-likeness (QED) is 0.513. The van der Waals surface area contributed by atoms with Crippen molar-refractivity contribution in [2.75, 3.05) is 0 Å². The van der Waals surface area contributed by atoms with Crippen molar-refractivity contribution in [3.63, 3.8) is 0 Å². The molecule has 2 aliphatic rings. The summed E-state index contributed by atoms with van der Waals surface area (Å²) in [6.07, 6.45) is 2.09. The minimum absolute atomic E-state index is 0.0734. The van der Waals surface area contributed by atoms with Crippen LogP contribution in [0.5, 0.6) is 0 Å². The highest BCUT2D eigenvalue weighted by Crippen LogP contribution is 2.54. The summed E-state index contributed by atoms with van der Waals surface area (Å²) in [5, 5.41) is 0.139. The summed E-state index contributed by atoms with van der Waals surface area (Å²) in [6, 6.07) is 0. The van der Waals surface area contributed by atoms with E-state index in [9.17, 15) is 4.79 Å². The van der Waals surface area contributed by atoms with Gasteiger partial charge in [-0.1, -0.05) is 13.8 Å². The Morgan fingerprint density at radius 2 is 2.09 bits per heavy atom. The van der Waals surface area contributed by atoms with Gasteiger partial charge in [-0.2, -0.15) is 0 Å². The van der Waals surface area contributed by atoms with E-state index < -0.39 is 0 Å². The highest BCUT2D eigenvalue weighted by atomic mass is 35.5. The third kappa shape index (κ3) is 0.807. The summed E-state index contributed by atoms with van der Waals surface area (Å²) in [6.45, 7) is 4.12. The van der Waals surface area contributed by atoms with E-state index in [1.165, 1.54) is 0 Å². The standard InChI is InChI=1S/C9H13ClO/c1-9(2)5-3-6(8(9)11)7(10)4-5/h5-7H,3-4H2,1-2H3/t5-,6+,7+/m0/s1. The van der Waals surface area contributed by atoms with Crippen LogP contribution in [0.4, 0.5) is 0 Å². The number of hydrogen-bond acceptors (Lipinski definition) is 1. The fourth-order valence-corrected chi connectivity index (χ4v) is 2.96. The smallest absolute Gasteiger partial charge is 0.143 e. The summed E-state index contributed by atoms with van der Waals surface area (Å²) in [7, 11) is 0. The van der Waals surface area contributed by atoms with Gasteiger partial charge >= 0.3 is 0 Å². The molecule has 0 aromatic rings. The van der Waals surface area contributed by atoms with E-state index in [1.54, 1.807) is 0 Å². The molecule has 2 aliphatic carbocycles. The minimum atomic E-state index is -0.0734. The lowest BCUT2D eigenvalue weighted by molar-refractivity contribution is -0.130. The van der Waals surface area contributed by atoms with Crippen molar-refractivity contribution >= 4 is 17.4 Å². The topological polar surface area (TPSA) is 17.1 Å². The van der Waals surface area contributed by atoms with Crippen LogP contribution < -0.4 is 0 Å². The van der Waals surface area contributed by atoms with Crippen molar-refractivity contribution in [3.8, 4) is 0 Å². The van der Waals surface area contributed by atoms with Crippen LogP contribution in [-0.2, 0) is 4.79 Å². The fraction of sp³-hybridized carbons (Fsp3) is 0.889. The average Bonchev–Trinajstić information content (AvgIpc) is 2.36. The van der Waals surface area contributed by atoms with Crippen LogP contribution in [0, 0.1) is 17.3 Å². The van der Waals surface area contributed by atoms with Gasteiger partial charge in [0.2, 0.25) is 0 Å². The second-order valence-electron chi connectivity index (χ2n) is 4.38. The molecule has 1 nitrogen and oxygen atoms in total. The van der Waals surface area contributed by atoms with Gasteiger partial charge in [0.1, 0.15) is 5.78 Å². The molecule has 11 heavy (non-hydrogen) atoms. The maximum Gasteiger partial charge on any atom is 0.143 e. The molecule has 3 atom stereocenters. The molecule has 2 rings (SSSR count). The number of carbonyl (C=O) groups excluding carboxylic acids is 1. The lowest BCUT2D eigenvalue weighted by atomic mass is 9.75. The van der Waals surface area contributed by atoms with Gasteiger partial charge in [-0.3, -0.25) is 4.79 Å². The molecule has 2 saturated carbocycles. The number of alkyl halides is 1. The summed E-state index contributed by atoms with van der Waals surface area (Å²) in [5.74, 6) is 1.13. The molecular weight excluding hydrogens is 160 g/mol. The summed E-state index contributed by atoms with van der Waals surface area (Å²) in [4.78, 5) is 11.6. The van der Waals surface area contributed by atoms with Crippen molar-refractivity contribution in [1.82, 2.24) is 0 Å². The molecule has 0 aliphatic heterocycles. The van der Waals surface area contributed by atoms with Gasteiger partial charge in [-0.15, -0.1) is 11.6 Å². The van der Waals surface area contributed by atoms with E-state index in [0.717, 1.165) is 12.8 Å². The van der Waals surface area contributed by atoms with E-state index in [-0.39, 0.29) is 16.7 Å². The summed E-state index contributed by atoms with van der Waals surface area (Å²) >= 11 is 6.01. The molecule has 2 bridgehead atoms. The van der Waals surface area contributed by atoms with E-state index in [1.807, 2.05) is 0 Å². The Hall–Kier alpha value is -0.0400. The Bertz CT molecular complexity index is 210. The van der Waals surface area contributed by atoms with Gasteiger partial charge in [0.05, 0.1) is 0 Å². The fourth-order valence-electron chi connectivity index (χ4n) is 2.53. The third-order valence-electron chi connectivity index (χ3n) is 3.48. The third-order valence-corrected chi connectivity index (χ3v) is 3.96. The Morgan fingerprint density at radius 1 is 1.45 bits per heavy atom. The molecule has 0 N–H and O–H groups in total. The number of ketones is 1. The van der Waals surface area contributed by atoms with Crippen LogP contribution in [-0.4, -0.2) is 11.2 Å².